The van der Waals surface area contributed by atoms with Gasteiger partial charge in [0.25, 0.3) is 0 Å². The van der Waals surface area contributed by atoms with Crippen LogP contribution in [-0.2, 0) is 32.0 Å². The van der Waals surface area contributed by atoms with Gasteiger partial charge in [0.05, 0.1) is 24.6 Å². The zero-order chi connectivity index (χ0) is 26.8. The monoisotopic (exact) mass is 504 g/mol. The van der Waals surface area contributed by atoms with Crippen LogP contribution in [0.3, 0.4) is 0 Å². The number of carbonyl (C=O) groups excluding carboxylic acids is 3. The first-order chi connectivity index (χ1) is 17.0. The Morgan fingerprint density at radius 3 is 2.06 bits per heavy atom. The van der Waals surface area contributed by atoms with E-state index in [9.17, 15) is 34.5 Å². The van der Waals surface area contributed by atoms with Crippen molar-refractivity contribution in [1.29, 1.82) is 0 Å². The number of carboxylic acid groups (broad SMARTS) is 1. The van der Waals surface area contributed by atoms with Gasteiger partial charge in [-0.2, -0.15) is 0 Å². The number of aliphatic hydroxyl groups is 2. The van der Waals surface area contributed by atoms with E-state index >= 15 is 0 Å². The van der Waals surface area contributed by atoms with Gasteiger partial charge in [-0.05, 0) is 25.8 Å². The van der Waals surface area contributed by atoms with Gasteiger partial charge in [-0.1, -0.05) is 30.3 Å². The number of carboxylic acids is 1. The molecule has 2 aromatic rings. The fourth-order valence-electron chi connectivity index (χ4n) is 3.36. The summed E-state index contributed by atoms with van der Waals surface area (Å²) < 4.78 is 0. The molecule has 0 saturated heterocycles. The average Bonchev–Trinajstić information content (AvgIpc) is 3.33. The van der Waals surface area contributed by atoms with Crippen molar-refractivity contribution >= 4 is 23.7 Å². The summed E-state index contributed by atoms with van der Waals surface area (Å²) in [7, 11) is 0. The number of H-pyrrole nitrogens is 1. The van der Waals surface area contributed by atoms with Gasteiger partial charge in [0, 0.05) is 18.3 Å². The van der Waals surface area contributed by atoms with E-state index < -0.39 is 60.1 Å². The Morgan fingerprint density at radius 1 is 0.917 bits per heavy atom. The van der Waals surface area contributed by atoms with Gasteiger partial charge in [0.15, 0.2) is 6.04 Å². The molecular formula is C23H32N6O7. The number of rotatable bonds is 13. The molecule has 0 aliphatic heterocycles. The minimum atomic E-state index is -1.62. The predicted molar refractivity (Wildman–Crippen MR) is 127 cm³/mol. The third-order valence-corrected chi connectivity index (χ3v) is 5.36. The van der Waals surface area contributed by atoms with Crippen molar-refractivity contribution in [2.24, 2.45) is 5.73 Å². The van der Waals surface area contributed by atoms with Crippen molar-refractivity contribution < 1.29 is 34.5 Å². The van der Waals surface area contributed by atoms with Crippen LogP contribution in [0.4, 0.5) is 0 Å². The van der Waals surface area contributed by atoms with Crippen molar-refractivity contribution in [3.63, 3.8) is 0 Å². The van der Waals surface area contributed by atoms with Crippen LogP contribution >= 0.6 is 0 Å². The Balaban J connectivity index is 2.14. The summed E-state index contributed by atoms with van der Waals surface area (Å²) in [5, 5.41) is 36.1. The molecular weight excluding hydrogens is 472 g/mol. The molecule has 0 bridgehead atoms. The minimum absolute atomic E-state index is 0.113. The first-order valence-corrected chi connectivity index (χ1v) is 11.3. The molecule has 0 spiro atoms. The quantitative estimate of drug-likeness (QED) is 0.148. The molecule has 6 atom stereocenters. The van der Waals surface area contributed by atoms with E-state index in [4.69, 9.17) is 5.73 Å². The summed E-state index contributed by atoms with van der Waals surface area (Å²) in [6.07, 6.45) is 0.0871. The number of aliphatic carboxylic acids is 1. The van der Waals surface area contributed by atoms with E-state index in [1.165, 1.54) is 26.4 Å². The fourth-order valence-corrected chi connectivity index (χ4v) is 3.36. The van der Waals surface area contributed by atoms with Crippen molar-refractivity contribution in [3.05, 3.63) is 54.1 Å². The van der Waals surface area contributed by atoms with Crippen molar-refractivity contribution in [1.82, 2.24) is 25.9 Å². The summed E-state index contributed by atoms with van der Waals surface area (Å²) in [5.74, 6) is -3.95. The first kappa shape index (κ1) is 28.4. The predicted octanol–water partition coefficient (Wildman–Crippen LogP) is -2.18. The van der Waals surface area contributed by atoms with Crippen LogP contribution in [0.15, 0.2) is 42.9 Å². The number of nitrogens with two attached hydrogens (primary N) is 1. The zero-order valence-corrected chi connectivity index (χ0v) is 19.9. The number of carbonyl (C=O) groups is 4. The molecule has 1 heterocycles. The normalized spacial score (nSPS) is 16.0. The number of hydrogen-bond acceptors (Lipinski definition) is 8. The van der Waals surface area contributed by atoms with E-state index in [-0.39, 0.29) is 12.8 Å². The Kier molecular flexibility index (Phi) is 10.5. The number of nitrogens with one attached hydrogen (secondary N) is 4. The van der Waals surface area contributed by atoms with E-state index in [2.05, 4.69) is 25.9 Å². The largest absolute Gasteiger partial charge is 0.480 e. The molecule has 2 rings (SSSR count). The Labute approximate surface area is 207 Å². The van der Waals surface area contributed by atoms with Gasteiger partial charge in [0.1, 0.15) is 12.1 Å². The van der Waals surface area contributed by atoms with Crippen molar-refractivity contribution in [2.75, 3.05) is 0 Å². The summed E-state index contributed by atoms with van der Waals surface area (Å²) in [4.78, 5) is 56.5. The van der Waals surface area contributed by atoms with E-state index in [0.29, 0.717) is 5.69 Å². The molecule has 6 unspecified atom stereocenters. The number of imidazole rings is 1. The number of aromatic amines is 1. The molecule has 13 nitrogen and oxygen atoms in total. The fraction of sp³-hybridized carbons (Fsp3) is 0.435. The van der Waals surface area contributed by atoms with Gasteiger partial charge in [-0.15, -0.1) is 0 Å². The second kappa shape index (κ2) is 13.3. The summed E-state index contributed by atoms with van der Waals surface area (Å²) in [6.45, 7) is 2.48. The standard InChI is InChI=1S/C23H32N6O7/c1-12(30)18(28-20(32)16(24)8-14-6-4-3-5-7-14)22(34)27-17(9-15-10-25-11-26-15)21(33)29-19(13(2)31)23(35)36/h3-7,10-13,16-19,30-31H,8-9,24H2,1-2H3,(H,25,26)(H,27,34)(H,28,32)(H,29,33)(H,35,36). The van der Waals surface area contributed by atoms with Crippen LogP contribution in [0.1, 0.15) is 25.1 Å². The Morgan fingerprint density at radius 2 is 1.53 bits per heavy atom. The van der Waals surface area contributed by atoms with Crippen LogP contribution in [0, 0.1) is 0 Å². The van der Waals surface area contributed by atoms with Crippen molar-refractivity contribution in [3.8, 4) is 0 Å². The summed E-state index contributed by atoms with van der Waals surface area (Å²) >= 11 is 0. The first-order valence-electron chi connectivity index (χ1n) is 11.3. The van der Waals surface area contributed by atoms with Crippen molar-refractivity contribution in [2.45, 2.75) is 63.1 Å². The lowest BCUT2D eigenvalue weighted by atomic mass is 10.0. The third-order valence-electron chi connectivity index (χ3n) is 5.36. The van der Waals surface area contributed by atoms with E-state index in [1.54, 1.807) is 24.3 Å². The molecule has 9 N–H and O–H groups in total. The summed E-state index contributed by atoms with van der Waals surface area (Å²) in [6, 6.07) is 3.59. The number of amides is 3. The number of aliphatic hydroxyl groups excluding tert-OH is 2. The molecule has 196 valence electrons. The van der Waals surface area contributed by atoms with Crippen LogP contribution in [0.5, 0.6) is 0 Å². The van der Waals surface area contributed by atoms with Gasteiger partial charge in [0.2, 0.25) is 17.7 Å². The lowest BCUT2D eigenvalue weighted by Crippen LogP contribution is -2.61. The Bertz CT molecular complexity index is 1010. The van der Waals surface area contributed by atoms with Crippen LogP contribution in [0.2, 0.25) is 0 Å². The molecule has 1 aromatic heterocycles. The molecule has 0 fully saturated rings. The smallest absolute Gasteiger partial charge is 0.328 e. The average molecular weight is 505 g/mol. The van der Waals surface area contributed by atoms with Gasteiger partial charge in [-0.25, -0.2) is 9.78 Å². The van der Waals surface area contributed by atoms with Crippen LogP contribution < -0.4 is 21.7 Å². The molecule has 0 saturated carbocycles. The van der Waals surface area contributed by atoms with Gasteiger partial charge < -0.3 is 42.0 Å². The Hall–Kier alpha value is -3.81. The number of benzene rings is 1. The summed E-state index contributed by atoms with van der Waals surface area (Å²) in [5.41, 5.74) is 7.22. The maximum Gasteiger partial charge on any atom is 0.328 e. The molecule has 3 amide bonds. The second-order valence-electron chi connectivity index (χ2n) is 8.43. The van der Waals surface area contributed by atoms with Crippen LogP contribution in [0.25, 0.3) is 0 Å². The highest BCUT2D eigenvalue weighted by Crippen LogP contribution is 2.05. The van der Waals surface area contributed by atoms with Gasteiger partial charge in [-0.3, -0.25) is 14.4 Å². The molecule has 0 aliphatic rings. The topological polar surface area (TPSA) is 220 Å². The van der Waals surface area contributed by atoms with Gasteiger partial charge >= 0.3 is 5.97 Å². The maximum atomic E-state index is 13.0. The SMILES string of the molecule is CC(O)C(NC(=O)C(Cc1cnc[nH]1)NC(=O)C(NC(=O)C(N)Cc1ccccc1)C(C)O)C(=O)O. The molecule has 1 aromatic carbocycles. The zero-order valence-electron chi connectivity index (χ0n) is 19.9. The highest BCUT2D eigenvalue weighted by atomic mass is 16.4. The minimum Gasteiger partial charge on any atom is -0.480 e. The third kappa shape index (κ3) is 8.45. The lowest BCUT2D eigenvalue weighted by molar-refractivity contribution is -0.145. The number of nitrogens with zero attached hydrogens (tertiary/aromatic N) is 1. The lowest BCUT2D eigenvalue weighted by Gasteiger charge is -2.26. The maximum absolute atomic E-state index is 13.0. The molecule has 0 aliphatic carbocycles. The highest BCUT2D eigenvalue weighted by Gasteiger charge is 2.33. The van der Waals surface area contributed by atoms with Crippen LogP contribution in [-0.4, -0.2) is 85.4 Å². The molecule has 0 radical (unpaired) electrons. The molecule has 36 heavy (non-hydrogen) atoms. The number of aromatic nitrogens is 2. The second-order valence-corrected chi connectivity index (χ2v) is 8.43. The highest BCUT2D eigenvalue weighted by molar-refractivity contribution is 5.94. The molecule has 13 heteroatoms. The van der Waals surface area contributed by atoms with E-state index in [0.717, 1.165) is 5.56 Å². The number of hydrogen-bond donors (Lipinski definition) is 8. The van der Waals surface area contributed by atoms with E-state index in [1.807, 2.05) is 6.07 Å².